The summed E-state index contributed by atoms with van der Waals surface area (Å²) in [4.78, 5) is 26.3. The highest BCUT2D eigenvalue weighted by molar-refractivity contribution is 7.52. The van der Waals surface area contributed by atoms with Crippen LogP contribution in [0.3, 0.4) is 0 Å². The Balaban J connectivity index is 2.09. The second kappa shape index (κ2) is 9.71. The molecular weight excluding hydrogens is 405 g/mol. The van der Waals surface area contributed by atoms with Crippen molar-refractivity contribution in [2.45, 2.75) is 20.1 Å². The molecule has 0 aliphatic heterocycles. The van der Waals surface area contributed by atoms with Gasteiger partial charge in [-0.1, -0.05) is 65.9 Å². The van der Waals surface area contributed by atoms with Gasteiger partial charge in [0.25, 0.3) is 0 Å². The zero-order valence-corrected chi connectivity index (χ0v) is 17.6. The Hall–Kier alpha value is -2.93. The maximum absolute atomic E-state index is 13.3. The zero-order chi connectivity index (χ0) is 21.6. The monoisotopic (exact) mass is 427 g/mol. The van der Waals surface area contributed by atoms with E-state index >= 15 is 0 Å². The van der Waals surface area contributed by atoms with Gasteiger partial charge in [-0.05, 0) is 13.8 Å². The largest absolute Gasteiger partial charge is 0.352 e. The summed E-state index contributed by atoms with van der Waals surface area (Å²) >= 11 is 0. The van der Waals surface area contributed by atoms with E-state index in [2.05, 4.69) is 10.3 Å². The van der Waals surface area contributed by atoms with Gasteiger partial charge in [-0.15, -0.1) is 5.10 Å². The van der Waals surface area contributed by atoms with E-state index in [1.54, 1.807) is 74.5 Å². The van der Waals surface area contributed by atoms with Crippen molar-refractivity contribution in [2.75, 3.05) is 13.2 Å². The molecule has 8 nitrogen and oxygen atoms in total. The summed E-state index contributed by atoms with van der Waals surface area (Å²) in [6, 6.07) is 16.9. The fourth-order valence-electron chi connectivity index (χ4n) is 2.92. The second-order valence-electron chi connectivity index (χ2n) is 6.26. The van der Waals surface area contributed by atoms with Gasteiger partial charge in [-0.25, -0.2) is 4.68 Å². The van der Waals surface area contributed by atoms with Gasteiger partial charge >= 0.3 is 7.60 Å². The summed E-state index contributed by atoms with van der Waals surface area (Å²) in [5, 5.41) is 7.91. The smallest absolute Gasteiger partial charge is 0.308 e. The summed E-state index contributed by atoms with van der Waals surface area (Å²) in [6.07, 6.45) is -0.336. The first-order valence-corrected chi connectivity index (χ1v) is 11.2. The molecule has 156 valence electrons. The van der Waals surface area contributed by atoms with Crippen molar-refractivity contribution < 1.29 is 23.2 Å². The Morgan fingerprint density at radius 3 is 1.87 bits per heavy atom. The molecule has 1 heterocycles. The van der Waals surface area contributed by atoms with Gasteiger partial charge in [0.2, 0.25) is 11.6 Å². The number of aromatic nitrogens is 3. The first-order chi connectivity index (χ1) is 14.5. The van der Waals surface area contributed by atoms with Crippen LogP contribution >= 0.6 is 7.60 Å². The van der Waals surface area contributed by atoms with Crippen molar-refractivity contribution in [2.24, 2.45) is 0 Å². The molecule has 3 aromatic rings. The fraction of sp³-hybridized carbons (Fsp3) is 0.238. The zero-order valence-electron chi connectivity index (χ0n) is 16.7. The SMILES string of the molecule is CCOP(=O)(Cn1nnc(C(=O)c2ccccc2)c1C(=O)c1ccccc1)OCC. The predicted molar refractivity (Wildman–Crippen MR) is 111 cm³/mol. The van der Waals surface area contributed by atoms with Crippen molar-refractivity contribution in [3.63, 3.8) is 0 Å². The maximum Gasteiger partial charge on any atom is 0.352 e. The van der Waals surface area contributed by atoms with E-state index in [9.17, 15) is 14.2 Å². The number of carbonyl (C=O) groups excluding carboxylic acids is 2. The average Bonchev–Trinajstić information content (AvgIpc) is 3.17. The number of nitrogens with zero attached hydrogens (tertiary/aromatic N) is 3. The molecule has 1 aromatic heterocycles. The van der Waals surface area contributed by atoms with Gasteiger partial charge in [0, 0.05) is 11.1 Å². The molecule has 0 radical (unpaired) electrons. The van der Waals surface area contributed by atoms with Crippen LogP contribution in [0.25, 0.3) is 0 Å². The van der Waals surface area contributed by atoms with Crippen molar-refractivity contribution in [3.8, 4) is 0 Å². The topological polar surface area (TPSA) is 100 Å². The van der Waals surface area contributed by atoms with Crippen LogP contribution in [0.15, 0.2) is 60.7 Å². The fourth-order valence-corrected chi connectivity index (χ4v) is 4.47. The van der Waals surface area contributed by atoms with Crippen LogP contribution in [0.1, 0.15) is 46.0 Å². The van der Waals surface area contributed by atoms with Crippen molar-refractivity contribution in [1.82, 2.24) is 15.0 Å². The van der Waals surface area contributed by atoms with Gasteiger partial charge in [-0.2, -0.15) is 0 Å². The van der Waals surface area contributed by atoms with Crippen LogP contribution in [-0.4, -0.2) is 39.8 Å². The molecular formula is C21H22N3O5P. The predicted octanol–water partition coefficient (Wildman–Crippen LogP) is 3.96. The highest BCUT2D eigenvalue weighted by atomic mass is 31.2. The number of carbonyl (C=O) groups is 2. The minimum absolute atomic E-state index is 0.0605. The highest BCUT2D eigenvalue weighted by Gasteiger charge is 2.32. The van der Waals surface area contributed by atoms with E-state index in [1.807, 2.05) is 0 Å². The van der Waals surface area contributed by atoms with Crippen LogP contribution < -0.4 is 0 Å². The molecule has 0 bridgehead atoms. The third kappa shape index (κ3) is 4.79. The lowest BCUT2D eigenvalue weighted by atomic mass is 10.0. The lowest BCUT2D eigenvalue weighted by Crippen LogP contribution is -2.17. The summed E-state index contributed by atoms with van der Waals surface area (Å²) in [7, 11) is -3.59. The highest BCUT2D eigenvalue weighted by Crippen LogP contribution is 2.49. The summed E-state index contributed by atoms with van der Waals surface area (Å²) in [6.45, 7) is 3.69. The van der Waals surface area contributed by atoms with Gasteiger partial charge in [0.05, 0.1) is 13.2 Å². The van der Waals surface area contributed by atoms with Gasteiger partial charge in [0.1, 0.15) is 12.0 Å². The van der Waals surface area contributed by atoms with Gasteiger partial charge < -0.3 is 9.05 Å². The van der Waals surface area contributed by atoms with Crippen LogP contribution in [0, 0.1) is 0 Å². The summed E-state index contributed by atoms with van der Waals surface area (Å²) in [5.74, 6) is -0.914. The van der Waals surface area contributed by atoms with Crippen LogP contribution in [0.5, 0.6) is 0 Å². The van der Waals surface area contributed by atoms with E-state index in [4.69, 9.17) is 9.05 Å². The van der Waals surface area contributed by atoms with Gasteiger partial charge in [-0.3, -0.25) is 14.2 Å². The van der Waals surface area contributed by atoms with Crippen LogP contribution in [0.4, 0.5) is 0 Å². The Morgan fingerprint density at radius 2 is 1.37 bits per heavy atom. The first kappa shape index (κ1) is 21.8. The normalized spacial score (nSPS) is 11.4. The molecule has 0 N–H and O–H groups in total. The van der Waals surface area contributed by atoms with Crippen molar-refractivity contribution >= 4 is 19.2 Å². The molecule has 0 aliphatic rings. The second-order valence-corrected chi connectivity index (χ2v) is 8.29. The van der Waals surface area contributed by atoms with E-state index in [1.165, 1.54) is 0 Å². The molecule has 0 amide bonds. The van der Waals surface area contributed by atoms with Crippen molar-refractivity contribution in [1.29, 1.82) is 0 Å². The Labute approximate surface area is 174 Å². The number of rotatable bonds is 10. The minimum Gasteiger partial charge on any atom is -0.308 e. The van der Waals surface area contributed by atoms with Crippen LogP contribution in [0.2, 0.25) is 0 Å². The molecule has 0 aliphatic carbocycles. The number of hydrogen-bond acceptors (Lipinski definition) is 7. The third-order valence-corrected chi connectivity index (χ3v) is 6.11. The molecule has 2 aromatic carbocycles. The van der Waals surface area contributed by atoms with Gasteiger partial charge in [0.15, 0.2) is 5.69 Å². The minimum atomic E-state index is -3.59. The third-order valence-electron chi connectivity index (χ3n) is 4.20. The van der Waals surface area contributed by atoms with Crippen molar-refractivity contribution in [3.05, 3.63) is 83.2 Å². The Kier molecular flexibility index (Phi) is 7.05. The quantitative estimate of drug-likeness (QED) is 0.357. The number of hydrogen-bond donors (Lipinski definition) is 0. The summed E-state index contributed by atoms with van der Waals surface area (Å²) in [5.41, 5.74) is 0.541. The molecule has 0 unspecified atom stereocenters. The molecule has 0 saturated carbocycles. The molecule has 3 rings (SSSR count). The number of benzene rings is 2. The molecule has 0 fully saturated rings. The van der Waals surface area contributed by atoms with E-state index in [0.717, 1.165) is 4.68 Å². The van der Waals surface area contributed by atoms with E-state index < -0.39 is 19.2 Å². The summed E-state index contributed by atoms with van der Waals surface area (Å²) < 4.78 is 24.8. The van der Waals surface area contributed by atoms with E-state index in [0.29, 0.717) is 11.1 Å². The molecule has 9 heteroatoms. The lowest BCUT2D eigenvalue weighted by Gasteiger charge is -2.17. The standard InChI is InChI=1S/C21H22N3O5P/c1-3-28-30(27,29-4-2)15-24-19(21(26)17-13-9-6-10-14-17)18(22-23-24)20(25)16-11-7-5-8-12-16/h5-14H,3-4,15H2,1-2H3. The Bertz CT molecular complexity index is 1060. The maximum atomic E-state index is 13.3. The molecule has 0 saturated heterocycles. The lowest BCUT2D eigenvalue weighted by molar-refractivity contribution is 0.0995. The first-order valence-electron chi connectivity index (χ1n) is 9.50. The number of ketones is 2. The Morgan fingerprint density at radius 1 is 0.867 bits per heavy atom. The molecule has 30 heavy (non-hydrogen) atoms. The van der Waals surface area contributed by atoms with E-state index in [-0.39, 0.29) is 30.9 Å². The molecule has 0 spiro atoms. The van der Waals surface area contributed by atoms with Crippen LogP contribution in [-0.2, 0) is 19.9 Å². The molecule has 0 atom stereocenters. The average molecular weight is 427 g/mol.